The first-order chi connectivity index (χ1) is 7.40. The molecule has 2 rings (SSSR count). The molecule has 0 spiro atoms. The normalized spacial score (nSPS) is 10.7. The van der Waals surface area contributed by atoms with Crippen LogP contribution in [0.5, 0.6) is 0 Å². The van der Waals surface area contributed by atoms with Crippen LogP contribution in [0, 0.1) is 0 Å². The van der Waals surface area contributed by atoms with Crippen molar-refractivity contribution in [2.45, 2.75) is 6.42 Å². The fourth-order valence-corrected chi connectivity index (χ4v) is 1.53. The number of nitrogens with one attached hydrogen (secondary N) is 2. The van der Waals surface area contributed by atoms with Gasteiger partial charge in [0.2, 0.25) is 0 Å². The zero-order chi connectivity index (χ0) is 10.5. The summed E-state index contributed by atoms with van der Waals surface area (Å²) in [6.45, 7) is 5.42. The third kappa shape index (κ3) is 2.44. The molecule has 3 nitrogen and oxygen atoms in total. The maximum Gasteiger partial charge on any atom is 0.108 e. The van der Waals surface area contributed by atoms with Gasteiger partial charge >= 0.3 is 0 Å². The number of aromatic amines is 1. The van der Waals surface area contributed by atoms with E-state index in [1.165, 1.54) is 0 Å². The van der Waals surface area contributed by atoms with Crippen molar-refractivity contribution in [2.75, 3.05) is 13.1 Å². The molecule has 15 heavy (non-hydrogen) atoms. The molecule has 0 unspecified atom stereocenters. The molecule has 2 N–H and O–H groups in total. The minimum atomic E-state index is 0.847. The number of rotatable bonds is 5. The van der Waals surface area contributed by atoms with Crippen molar-refractivity contribution < 1.29 is 0 Å². The Labute approximate surface area is 89.2 Å². The Bertz CT molecular complexity index is 412. The lowest BCUT2D eigenvalue weighted by atomic mass is 10.3. The summed E-state index contributed by atoms with van der Waals surface area (Å²) in [5.41, 5.74) is 2.15. The molecular formula is C12H15N3. The van der Waals surface area contributed by atoms with Crippen molar-refractivity contribution in [2.24, 2.45) is 0 Å². The van der Waals surface area contributed by atoms with E-state index in [0.717, 1.165) is 36.4 Å². The molecular weight excluding hydrogens is 186 g/mol. The van der Waals surface area contributed by atoms with E-state index in [9.17, 15) is 0 Å². The van der Waals surface area contributed by atoms with Gasteiger partial charge in [0.1, 0.15) is 5.82 Å². The van der Waals surface area contributed by atoms with E-state index in [-0.39, 0.29) is 0 Å². The minimum absolute atomic E-state index is 0.847. The number of hydrogen-bond donors (Lipinski definition) is 2. The first-order valence-corrected chi connectivity index (χ1v) is 5.15. The molecule has 0 atom stereocenters. The van der Waals surface area contributed by atoms with Gasteiger partial charge < -0.3 is 10.3 Å². The smallest absolute Gasteiger partial charge is 0.108 e. The first kappa shape index (κ1) is 9.93. The van der Waals surface area contributed by atoms with Gasteiger partial charge in [-0.25, -0.2) is 4.98 Å². The molecule has 0 bridgehead atoms. The molecule has 0 radical (unpaired) electrons. The lowest BCUT2D eigenvalue weighted by molar-refractivity contribution is 0.727. The molecule has 1 heterocycles. The van der Waals surface area contributed by atoms with E-state index in [2.05, 4.69) is 21.9 Å². The van der Waals surface area contributed by atoms with Gasteiger partial charge in [-0.05, 0) is 12.1 Å². The number of imidazole rings is 1. The van der Waals surface area contributed by atoms with Crippen LogP contribution in [-0.4, -0.2) is 23.1 Å². The van der Waals surface area contributed by atoms with Crippen molar-refractivity contribution in [3.05, 3.63) is 42.7 Å². The van der Waals surface area contributed by atoms with Gasteiger partial charge in [-0.2, -0.15) is 0 Å². The molecule has 1 aromatic heterocycles. The van der Waals surface area contributed by atoms with E-state index in [0.29, 0.717) is 0 Å². The average molecular weight is 201 g/mol. The highest BCUT2D eigenvalue weighted by molar-refractivity contribution is 5.74. The monoisotopic (exact) mass is 201 g/mol. The van der Waals surface area contributed by atoms with Crippen LogP contribution < -0.4 is 5.32 Å². The average Bonchev–Trinajstić information content (AvgIpc) is 2.67. The van der Waals surface area contributed by atoms with Crippen LogP contribution >= 0.6 is 0 Å². The number of para-hydroxylation sites is 2. The molecule has 0 saturated carbocycles. The van der Waals surface area contributed by atoms with Crippen molar-refractivity contribution in [1.29, 1.82) is 0 Å². The predicted molar refractivity (Wildman–Crippen MR) is 62.9 cm³/mol. The SMILES string of the molecule is C=CCNCCc1nc2ccccc2[nH]1. The molecule has 0 aliphatic rings. The minimum Gasteiger partial charge on any atom is -0.342 e. The van der Waals surface area contributed by atoms with E-state index in [4.69, 9.17) is 0 Å². The van der Waals surface area contributed by atoms with Gasteiger partial charge in [0.05, 0.1) is 11.0 Å². The van der Waals surface area contributed by atoms with Gasteiger partial charge in [-0.15, -0.1) is 6.58 Å². The number of H-pyrrole nitrogens is 1. The second-order valence-electron chi connectivity index (χ2n) is 3.44. The van der Waals surface area contributed by atoms with Gasteiger partial charge in [0.25, 0.3) is 0 Å². The Hall–Kier alpha value is -1.61. The fourth-order valence-electron chi connectivity index (χ4n) is 1.53. The second-order valence-corrected chi connectivity index (χ2v) is 3.44. The van der Waals surface area contributed by atoms with Gasteiger partial charge in [0.15, 0.2) is 0 Å². The van der Waals surface area contributed by atoms with Crippen LogP contribution in [0.3, 0.4) is 0 Å². The molecule has 1 aromatic carbocycles. The van der Waals surface area contributed by atoms with Crippen LogP contribution in [0.15, 0.2) is 36.9 Å². The summed E-state index contributed by atoms with van der Waals surface area (Å²) >= 11 is 0. The summed E-state index contributed by atoms with van der Waals surface area (Å²) in [6, 6.07) is 8.08. The molecule has 0 fully saturated rings. The molecule has 78 valence electrons. The number of nitrogens with zero attached hydrogens (tertiary/aromatic N) is 1. The van der Waals surface area contributed by atoms with Crippen molar-refractivity contribution in [1.82, 2.24) is 15.3 Å². The Morgan fingerprint density at radius 3 is 3.07 bits per heavy atom. The van der Waals surface area contributed by atoms with E-state index in [1.807, 2.05) is 30.3 Å². The van der Waals surface area contributed by atoms with Crippen LogP contribution in [0.2, 0.25) is 0 Å². The molecule has 2 aromatic rings. The highest BCUT2D eigenvalue weighted by Gasteiger charge is 2.00. The van der Waals surface area contributed by atoms with Crippen LogP contribution in [-0.2, 0) is 6.42 Å². The zero-order valence-corrected chi connectivity index (χ0v) is 8.66. The highest BCUT2D eigenvalue weighted by Crippen LogP contribution is 2.09. The third-order valence-corrected chi connectivity index (χ3v) is 2.27. The van der Waals surface area contributed by atoms with Crippen molar-refractivity contribution in [3.8, 4) is 0 Å². The summed E-state index contributed by atoms with van der Waals surface area (Å²) in [5, 5.41) is 3.25. The Kier molecular flexibility index (Phi) is 3.15. The molecule has 0 aliphatic carbocycles. The summed E-state index contributed by atoms with van der Waals surface area (Å²) < 4.78 is 0. The van der Waals surface area contributed by atoms with Crippen molar-refractivity contribution in [3.63, 3.8) is 0 Å². The number of benzene rings is 1. The zero-order valence-electron chi connectivity index (χ0n) is 8.66. The molecule has 3 heteroatoms. The number of fused-ring (bicyclic) bond motifs is 1. The predicted octanol–water partition coefficient (Wildman–Crippen LogP) is 1.88. The molecule has 0 saturated heterocycles. The summed E-state index contributed by atoms with van der Waals surface area (Å²) in [4.78, 5) is 7.78. The Morgan fingerprint density at radius 1 is 1.40 bits per heavy atom. The molecule has 0 aliphatic heterocycles. The van der Waals surface area contributed by atoms with Gasteiger partial charge in [-0.3, -0.25) is 0 Å². The molecule has 0 amide bonds. The van der Waals surface area contributed by atoms with E-state index < -0.39 is 0 Å². The van der Waals surface area contributed by atoms with Crippen LogP contribution in [0.25, 0.3) is 11.0 Å². The number of hydrogen-bond acceptors (Lipinski definition) is 2. The standard InChI is InChI=1S/C12H15N3/c1-2-8-13-9-7-12-14-10-5-3-4-6-11(10)15-12/h2-6,13H,1,7-9H2,(H,14,15). The lowest BCUT2D eigenvalue weighted by Gasteiger charge is -1.97. The van der Waals surface area contributed by atoms with Crippen LogP contribution in [0.1, 0.15) is 5.82 Å². The Morgan fingerprint density at radius 2 is 2.27 bits per heavy atom. The maximum absolute atomic E-state index is 4.49. The number of aromatic nitrogens is 2. The maximum atomic E-state index is 4.49. The quantitative estimate of drug-likeness (QED) is 0.573. The first-order valence-electron chi connectivity index (χ1n) is 5.15. The van der Waals surface area contributed by atoms with Crippen LogP contribution in [0.4, 0.5) is 0 Å². The van der Waals surface area contributed by atoms with Gasteiger partial charge in [-0.1, -0.05) is 18.2 Å². The largest absolute Gasteiger partial charge is 0.342 e. The van der Waals surface area contributed by atoms with Crippen molar-refractivity contribution >= 4 is 11.0 Å². The summed E-state index contributed by atoms with van der Waals surface area (Å²) in [6.07, 6.45) is 2.78. The topological polar surface area (TPSA) is 40.7 Å². The second kappa shape index (κ2) is 4.75. The summed E-state index contributed by atoms with van der Waals surface area (Å²) in [5.74, 6) is 1.03. The Balaban J connectivity index is 1.99. The summed E-state index contributed by atoms with van der Waals surface area (Å²) in [7, 11) is 0. The van der Waals surface area contributed by atoms with Gasteiger partial charge in [0, 0.05) is 19.5 Å². The fraction of sp³-hybridized carbons (Fsp3) is 0.250. The highest BCUT2D eigenvalue weighted by atomic mass is 14.9. The van der Waals surface area contributed by atoms with E-state index in [1.54, 1.807) is 0 Å². The lowest BCUT2D eigenvalue weighted by Crippen LogP contribution is -2.17. The third-order valence-electron chi connectivity index (χ3n) is 2.27. The van der Waals surface area contributed by atoms with E-state index >= 15 is 0 Å².